The fraction of sp³-hybridized carbons (Fsp3) is 0.692. The molecule has 4 nitrogen and oxygen atoms in total. The quantitative estimate of drug-likeness (QED) is 0.837. The molecule has 1 aromatic rings. The highest BCUT2D eigenvalue weighted by Gasteiger charge is 2.36. The summed E-state index contributed by atoms with van der Waals surface area (Å²) in [5.41, 5.74) is 6.96. The van der Waals surface area contributed by atoms with Gasteiger partial charge in [-0.1, -0.05) is 13.3 Å². The number of hydrogen-bond acceptors (Lipinski definition) is 4. The first-order valence-electron chi connectivity index (χ1n) is 6.59. The fourth-order valence-corrected chi connectivity index (χ4v) is 2.27. The second-order valence-electron chi connectivity index (χ2n) is 5.37. The van der Waals surface area contributed by atoms with Crippen LogP contribution in [0.5, 0.6) is 0 Å². The average Bonchev–Trinajstić information content (AvgIpc) is 3.17. The summed E-state index contributed by atoms with van der Waals surface area (Å²) in [5, 5.41) is 3.52. The van der Waals surface area contributed by atoms with E-state index in [0.717, 1.165) is 23.1 Å². The van der Waals surface area contributed by atoms with E-state index in [2.05, 4.69) is 22.2 Å². The monoisotopic (exact) mass is 232 g/mol. The van der Waals surface area contributed by atoms with Gasteiger partial charge in [0.2, 0.25) is 0 Å². The van der Waals surface area contributed by atoms with Crippen LogP contribution in [0.25, 0.3) is 0 Å². The Morgan fingerprint density at radius 3 is 2.71 bits per heavy atom. The third-order valence-electron chi connectivity index (χ3n) is 3.91. The van der Waals surface area contributed by atoms with Crippen molar-refractivity contribution in [3.8, 4) is 0 Å². The van der Waals surface area contributed by atoms with Gasteiger partial charge < -0.3 is 11.1 Å². The lowest BCUT2D eigenvalue weighted by Gasteiger charge is -2.11. The van der Waals surface area contributed by atoms with Crippen LogP contribution < -0.4 is 11.1 Å². The molecule has 2 saturated carbocycles. The molecule has 4 heteroatoms. The van der Waals surface area contributed by atoms with Crippen molar-refractivity contribution >= 4 is 11.6 Å². The topological polar surface area (TPSA) is 63.8 Å². The first-order valence-corrected chi connectivity index (χ1v) is 6.59. The Morgan fingerprint density at radius 2 is 2.12 bits per heavy atom. The van der Waals surface area contributed by atoms with Crippen molar-refractivity contribution in [1.82, 2.24) is 9.97 Å². The van der Waals surface area contributed by atoms with Gasteiger partial charge in [0.1, 0.15) is 17.5 Å². The Kier molecular flexibility index (Phi) is 2.45. The summed E-state index contributed by atoms with van der Waals surface area (Å²) >= 11 is 0. The molecule has 0 aromatic carbocycles. The number of aromatic nitrogens is 2. The lowest BCUT2D eigenvalue weighted by molar-refractivity contribution is 0.771. The Morgan fingerprint density at radius 1 is 1.35 bits per heavy atom. The van der Waals surface area contributed by atoms with Gasteiger partial charge in [-0.15, -0.1) is 0 Å². The minimum absolute atomic E-state index is 0.555. The van der Waals surface area contributed by atoms with Crippen LogP contribution in [0.2, 0.25) is 0 Å². The van der Waals surface area contributed by atoms with Crippen molar-refractivity contribution in [3.05, 3.63) is 11.4 Å². The summed E-state index contributed by atoms with van der Waals surface area (Å²) in [5.74, 6) is 3.90. The molecule has 0 radical (unpaired) electrons. The SMILES string of the molecule is CCC1CC1Nc1nc(C2CC2)nc(N)c1C. The zero-order chi connectivity index (χ0) is 12.0. The van der Waals surface area contributed by atoms with E-state index in [1.165, 1.54) is 25.7 Å². The molecule has 0 bridgehead atoms. The molecule has 0 saturated heterocycles. The summed E-state index contributed by atoms with van der Waals surface area (Å²) in [7, 11) is 0. The number of nitrogens with two attached hydrogens (primary N) is 1. The van der Waals surface area contributed by atoms with Crippen LogP contribution in [0.3, 0.4) is 0 Å². The molecule has 0 spiro atoms. The van der Waals surface area contributed by atoms with Gasteiger partial charge in [-0.05, 0) is 32.1 Å². The molecular weight excluding hydrogens is 212 g/mol. The Labute approximate surface area is 102 Å². The largest absolute Gasteiger partial charge is 0.383 e. The Hall–Kier alpha value is -1.32. The van der Waals surface area contributed by atoms with Crippen molar-refractivity contribution < 1.29 is 0 Å². The molecule has 17 heavy (non-hydrogen) atoms. The van der Waals surface area contributed by atoms with Crippen molar-refractivity contribution in [2.24, 2.45) is 5.92 Å². The van der Waals surface area contributed by atoms with E-state index in [-0.39, 0.29) is 0 Å². The predicted molar refractivity (Wildman–Crippen MR) is 69.0 cm³/mol. The molecule has 0 aliphatic heterocycles. The highest BCUT2D eigenvalue weighted by molar-refractivity contribution is 5.56. The number of nitrogen functional groups attached to an aromatic ring is 1. The van der Waals surface area contributed by atoms with E-state index in [9.17, 15) is 0 Å². The van der Waals surface area contributed by atoms with Crippen LogP contribution in [-0.2, 0) is 0 Å². The molecule has 2 unspecified atom stereocenters. The Bertz CT molecular complexity index is 439. The zero-order valence-corrected chi connectivity index (χ0v) is 10.5. The second kappa shape index (κ2) is 3.86. The molecule has 3 N–H and O–H groups in total. The second-order valence-corrected chi connectivity index (χ2v) is 5.37. The van der Waals surface area contributed by atoms with Gasteiger partial charge >= 0.3 is 0 Å². The standard InChI is InChI=1S/C13H20N4/c1-3-8-6-10(8)15-12-7(2)11(14)16-13(17-12)9-4-5-9/h8-10H,3-6H2,1-2H3,(H3,14,15,16,17). The summed E-state index contributed by atoms with van der Waals surface area (Å²) in [6, 6.07) is 0.597. The molecule has 2 aliphatic rings. The van der Waals surface area contributed by atoms with E-state index in [1.54, 1.807) is 0 Å². The molecule has 1 aromatic heterocycles. The van der Waals surface area contributed by atoms with Crippen molar-refractivity contribution in [3.63, 3.8) is 0 Å². The van der Waals surface area contributed by atoms with Gasteiger partial charge in [-0.25, -0.2) is 9.97 Å². The number of hydrogen-bond donors (Lipinski definition) is 2. The van der Waals surface area contributed by atoms with E-state index >= 15 is 0 Å². The maximum absolute atomic E-state index is 5.96. The first-order chi connectivity index (χ1) is 8.19. The summed E-state index contributed by atoms with van der Waals surface area (Å²) in [4.78, 5) is 9.03. The van der Waals surface area contributed by atoms with Gasteiger partial charge in [0, 0.05) is 17.5 Å². The smallest absolute Gasteiger partial charge is 0.136 e. The number of anilines is 2. The molecule has 92 valence electrons. The number of nitrogens with zero attached hydrogens (tertiary/aromatic N) is 2. The van der Waals surface area contributed by atoms with Crippen LogP contribution >= 0.6 is 0 Å². The lowest BCUT2D eigenvalue weighted by atomic mass is 10.2. The van der Waals surface area contributed by atoms with Crippen LogP contribution in [0.15, 0.2) is 0 Å². The highest BCUT2D eigenvalue weighted by atomic mass is 15.1. The highest BCUT2D eigenvalue weighted by Crippen LogP contribution is 2.40. The van der Waals surface area contributed by atoms with Gasteiger partial charge in [0.15, 0.2) is 0 Å². The molecule has 2 atom stereocenters. The third-order valence-corrected chi connectivity index (χ3v) is 3.91. The molecule has 2 fully saturated rings. The lowest BCUT2D eigenvalue weighted by Crippen LogP contribution is -2.12. The summed E-state index contributed by atoms with van der Waals surface area (Å²) in [6.45, 7) is 4.24. The minimum Gasteiger partial charge on any atom is -0.383 e. The van der Waals surface area contributed by atoms with Gasteiger partial charge in [-0.2, -0.15) is 0 Å². The fourth-order valence-electron chi connectivity index (χ4n) is 2.27. The molecule has 0 amide bonds. The molecule has 3 rings (SSSR count). The summed E-state index contributed by atoms with van der Waals surface area (Å²) < 4.78 is 0. The van der Waals surface area contributed by atoms with Crippen LogP contribution in [0, 0.1) is 12.8 Å². The van der Waals surface area contributed by atoms with Gasteiger partial charge in [0.05, 0.1) is 0 Å². The molecule has 1 heterocycles. The maximum Gasteiger partial charge on any atom is 0.136 e. The molecular formula is C13H20N4. The van der Waals surface area contributed by atoms with E-state index in [4.69, 9.17) is 5.73 Å². The normalized spacial score (nSPS) is 26.9. The van der Waals surface area contributed by atoms with E-state index in [0.29, 0.717) is 17.8 Å². The van der Waals surface area contributed by atoms with Gasteiger partial charge in [-0.3, -0.25) is 0 Å². The predicted octanol–water partition coefficient (Wildman–Crippen LogP) is 2.46. The molecule has 2 aliphatic carbocycles. The number of nitrogens with one attached hydrogen (secondary N) is 1. The Balaban J connectivity index is 1.81. The van der Waals surface area contributed by atoms with Crippen LogP contribution in [0.1, 0.15) is 49.9 Å². The van der Waals surface area contributed by atoms with Crippen LogP contribution in [-0.4, -0.2) is 16.0 Å². The van der Waals surface area contributed by atoms with Crippen molar-refractivity contribution in [1.29, 1.82) is 0 Å². The van der Waals surface area contributed by atoms with Crippen LogP contribution in [0.4, 0.5) is 11.6 Å². The third kappa shape index (κ3) is 2.08. The van der Waals surface area contributed by atoms with Gasteiger partial charge in [0.25, 0.3) is 0 Å². The number of rotatable bonds is 4. The zero-order valence-electron chi connectivity index (χ0n) is 10.5. The summed E-state index contributed by atoms with van der Waals surface area (Å²) in [6.07, 6.45) is 4.93. The first kappa shape index (κ1) is 10.8. The van der Waals surface area contributed by atoms with Crippen molar-refractivity contribution in [2.75, 3.05) is 11.1 Å². The van der Waals surface area contributed by atoms with E-state index in [1.807, 2.05) is 6.92 Å². The average molecular weight is 232 g/mol. The minimum atomic E-state index is 0.555. The maximum atomic E-state index is 5.96. The van der Waals surface area contributed by atoms with Crippen molar-refractivity contribution in [2.45, 2.75) is 51.5 Å². The van der Waals surface area contributed by atoms with E-state index < -0.39 is 0 Å².